The molecule has 1 N–H and O–H groups in total. The summed E-state index contributed by atoms with van der Waals surface area (Å²) in [6.07, 6.45) is 3.17. The lowest BCUT2D eigenvalue weighted by Crippen LogP contribution is -2.13. The van der Waals surface area contributed by atoms with Gasteiger partial charge in [-0.1, -0.05) is 29.3 Å². The Hall–Kier alpha value is -2.37. The predicted octanol–water partition coefficient (Wildman–Crippen LogP) is 4.13. The number of carbonyl (C=O) groups is 1. The zero-order valence-corrected chi connectivity index (χ0v) is 13.6. The standard InChI is InChI=1S/C16H12Cl2N4O/c1-10-12(9-20-22(10)15-4-2-3-7-19-15)16(23)21-14-8-11(17)5-6-13(14)18/h2-9H,1H3,(H,21,23). The van der Waals surface area contributed by atoms with Crippen molar-refractivity contribution < 1.29 is 4.79 Å². The molecule has 0 saturated heterocycles. The molecule has 0 radical (unpaired) electrons. The molecular formula is C16H12Cl2N4O. The molecule has 0 atom stereocenters. The van der Waals surface area contributed by atoms with Crippen molar-refractivity contribution in [2.75, 3.05) is 5.32 Å². The maximum absolute atomic E-state index is 12.5. The molecule has 0 aliphatic carbocycles. The van der Waals surface area contributed by atoms with Crippen molar-refractivity contribution in [1.82, 2.24) is 14.8 Å². The minimum absolute atomic E-state index is 0.311. The smallest absolute Gasteiger partial charge is 0.259 e. The number of nitrogens with one attached hydrogen (secondary N) is 1. The third kappa shape index (κ3) is 3.21. The monoisotopic (exact) mass is 346 g/mol. The third-order valence-corrected chi connectivity index (χ3v) is 3.86. The van der Waals surface area contributed by atoms with Gasteiger partial charge in [0.15, 0.2) is 5.82 Å². The van der Waals surface area contributed by atoms with Crippen molar-refractivity contribution in [2.45, 2.75) is 6.92 Å². The van der Waals surface area contributed by atoms with E-state index < -0.39 is 0 Å². The van der Waals surface area contributed by atoms with Gasteiger partial charge in [-0.25, -0.2) is 9.67 Å². The summed E-state index contributed by atoms with van der Waals surface area (Å²) in [6.45, 7) is 1.80. The second-order valence-corrected chi connectivity index (χ2v) is 5.67. The van der Waals surface area contributed by atoms with Gasteiger partial charge < -0.3 is 5.32 Å². The van der Waals surface area contributed by atoms with Gasteiger partial charge in [-0.05, 0) is 37.3 Å². The molecule has 0 aliphatic heterocycles. The summed E-state index contributed by atoms with van der Waals surface area (Å²) in [5, 5.41) is 7.87. The summed E-state index contributed by atoms with van der Waals surface area (Å²) in [4.78, 5) is 16.7. The first-order chi connectivity index (χ1) is 11.1. The summed E-state index contributed by atoms with van der Waals surface area (Å²) >= 11 is 12.0. The van der Waals surface area contributed by atoms with Crippen LogP contribution in [0.1, 0.15) is 16.1 Å². The fourth-order valence-corrected chi connectivity index (χ4v) is 2.46. The molecule has 2 heterocycles. The van der Waals surface area contributed by atoms with E-state index in [0.29, 0.717) is 32.8 Å². The number of benzene rings is 1. The first-order valence-corrected chi connectivity index (χ1v) is 7.54. The molecule has 0 saturated carbocycles. The Morgan fingerprint density at radius 2 is 2.04 bits per heavy atom. The zero-order chi connectivity index (χ0) is 16.4. The van der Waals surface area contributed by atoms with Crippen LogP contribution < -0.4 is 5.32 Å². The Balaban J connectivity index is 1.89. The van der Waals surface area contributed by atoms with Gasteiger partial charge in [-0.2, -0.15) is 5.10 Å². The number of aromatic nitrogens is 3. The van der Waals surface area contributed by atoms with Crippen molar-refractivity contribution in [3.05, 3.63) is 70.1 Å². The van der Waals surface area contributed by atoms with Crippen LogP contribution in [-0.4, -0.2) is 20.7 Å². The van der Waals surface area contributed by atoms with Gasteiger partial charge in [0, 0.05) is 11.2 Å². The van der Waals surface area contributed by atoms with Crippen LogP contribution in [0.4, 0.5) is 5.69 Å². The minimum Gasteiger partial charge on any atom is -0.320 e. The molecule has 2 aromatic heterocycles. The molecule has 0 bridgehead atoms. The Labute approximate surface area is 142 Å². The van der Waals surface area contributed by atoms with E-state index >= 15 is 0 Å². The van der Waals surface area contributed by atoms with Crippen molar-refractivity contribution in [3.8, 4) is 5.82 Å². The van der Waals surface area contributed by atoms with Gasteiger partial charge in [0.2, 0.25) is 0 Å². The van der Waals surface area contributed by atoms with Crippen molar-refractivity contribution in [2.24, 2.45) is 0 Å². The van der Waals surface area contributed by atoms with E-state index in [1.54, 1.807) is 36.0 Å². The lowest BCUT2D eigenvalue weighted by molar-refractivity contribution is 0.102. The molecule has 0 spiro atoms. The maximum Gasteiger partial charge on any atom is 0.259 e. The highest BCUT2D eigenvalue weighted by Crippen LogP contribution is 2.26. The van der Waals surface area contributed by atoms with Crippen LogP contribution in [-0.2, 0) is 0 Å². The Morgan fingerprint density at radius 3 is 2.78 bits per heavy atom. The summed E-state index contributed by atoms with van der Waals surface area (Å²) in [6, 6.07) is 10.4. The molecule has 116 valence electrons. The Morgan fingerprint density at radius 1 is 1.22 bits per heavy atom. The van der Waals surface area contributed by atoms with Crippen molar-refractivity contribution in [3.63, 3.8) is 0 Å². The van der Waals surface area contributed by atoms with Gasteiger partial charge in [-0.3, -0.25) is 4.79 Å². The van der Waals surface area contributed by atoms with Crippen LogP contribution in [0, 0.1) is 6.92 Å². The average Bonchev–Trinajstić information content (AvgIpc) is 2.93. The molecule has 3 aromatic rings. The Bertz CT molecular complexity index is 862. The van der Waals surface area contributed by atoms with Gasteiger partial charge in [0.05, 0.1) is 28.2 Å². The highest BCUT2D eigenvalue weighted by atomic mass is 35.5. The van der Waals surface area contributed by atoms with Crippen LogP contribution in [0.3, 0.4) is 0 Å². The van der Waals surface area contributed by atoms with E-state index in [0.717, 1.165) is 0 Å². The largest absolute Gasteiger partial charge is 0.320 e. The number of halogens is 2. The number of hydrogen-bond donors (Lipinski definition) is 1. The first kappa shape index (κ1) is 15.5. The number of amides is 1. The van der Waals surface area contributed by atoms with E-state index in [1.807, 2.05) is 18.2 Å². The molecule has 0 unspecified atom stereocenters. The van der Waals surface area contributed by atoms with Gasteiger partial charge in [0.1, 0.15) is 0 Å². The number of carbonyl (C=O) groups excluding carboxylic acids is 1. The fourth-order valence-electron chi connectivity index (χ4n) is 2.13. The number of hydrogen-bond acceptors (Lipinski definition) is 3. The lowest BCUT2D eigenvalue weighted by Gasteiger charge is -2.08. The van der Waals surface area contributed by atoms with E-state index in [1.165, 1.54) is 6.20 Å². The fraction of sp³-hybridized carbons (Fsp3) is 0.0625. The quantitative estimate of drug-likeness (QED) is 0.775. The molecule has 0 fully saturated rings. The second kappa shape index (κ2) is 6.40. The molecular weight excluding hydrogens is 335 g/mol. The molecule has 23 heavy (non-hydrogen) atoms. The van der Waals surface area contributed by atoms with Gasteiger partial charge in [-0.15, -0.1) is 0 Å². The summed E-state index contributed by atoms with van der Waals surface area (Å²) in [5.41, 5.74) is 1.57. The summed E-state index contributed by atoms with van der Waals surface area (Å²) in [5.74, 6) is 0.332. The van der Waals surface area contributed by atoms with Crippen LogP contribution in [0.25, 0.3) is 5.82 Å². The van der Waals surface area contributed by atoms with E-state index in [2.05, 4.69) is 15.4 Å². The maximum atomic E-state index is 12.5. The highest BCUT2D eigenvalue weighted by Gasteiger charge is 2.16. The van der Waals surface area contributed by atoms with Crippen LogP contribution in [0.15, 0.2) is 48.8 Å². The third-order valence-electron chi connectivity index (χ3n) is 3.30. The average molecular weight is 347 g/mol. The number of nitrogens with zero attached hydrogens (tertiary/aromatic N) is 3. The second-order valence-electron chi connectivity index (χ2n) is 4.82. The molecule has 0 aliphatic rings. The summed E-state index contributed by atoms with van der Waals surface area (Å²) < 4.78 is 1.61. The molecule has 3 rings (SSSR count). The molecule has 5 nitrogen and oxygen atoms in total. The topological polar surface area (TPSA) is 59.8 Å². The van der Waals surface area contributed by atoms with Gasteiger partial charge >= 0.3 is 0 Å². The van der Waals surface area contributed by atoms with Crippen LogP contribution in [0.5, 0.6) is 0 Å². The number of rotatable bonds is 3. The molecule has 1 amide bonds. The minimum atomic E-state index is -0.311. The Kier molecular flexibility index (Phi) is 4.32. The first-order valence-electron chi connectivity index (χ1n) is 6.78. The van der Waals surface area contributed by atoms with Gasteiger partial charge in [0.25, 0.3) is 5.91 Å². The molecule has 7 heteroatoms. The van der Waals surface area contributed by atoms with E-state index in [-0.39, 0.29) is 5.91 Å². The highest BCUT2D eigenvalue weighted by molar-refractivity contribution is 6.35. The number of anilines is 1. The van der Waals surface area contributed by atoms with E-state index in [9.17, 15) is 4.79 Å². The van der Waals surface area contributed by atoms with E-state index in [4.69, 9.17) is 23.2 Å². The normalized spacial score (nSPS) is 10.6. The van der Waals surface area contributed by atoms with Crippen molar-refractivity contribution in [1.29, 1.82) is 0 Å². The summed E-state index contributed by atoms with van der Waals surface area (Å²) in [7, 11) is 0. The van der Waals surface area contributed by atoms with Crippen LogP contribution in [0.2, 0.25) is 10.0 Å². The lowest BCUT2D eigenvalue weighted by atomic mass is 10.2. The number of pyridine rings is 1. The van der Waals surface area contributed by atoms with Crippen molar-refractivity contribution >= 4 is 34.8 Å². The zero-order valence-electron chi connectivity index (χ0n) is 12.1. The van der Waals surface area contributed by atoms with Crippen LogP contribution >= 0.6 is 23.2 Å². The molecule has 1 aromatic carbocycles. The predicted molar refractivity (Wildman–Crippen MR) is 90.5 cm³/mol. The SMILES string of the molecule is Cc1c(C(=O)Nc2cc(Cl)ccc2Cl)cnn1-c1ccccn1.